The van der Waals surface area contributed by atoms with Crippen LogP contribution in [0.5, 0.6) is 0 Å². The van der Waals surface area contributed by atoms with Crippen LogP contribution in [0.2, 0.25) is 0 Å². The minimum absolute atomic E-state index is 0.110. The fourth-order valence-electron chi connectivity index (χ4n) is 5.42. The summed E-state index contributed by atoms with van der Waals surface area (Å²) in [5, 5.41) is 0. The third-order valence-electron chi connectivity index (χ3n) is 6.65. The van der Waals surface area contributed by atoms with E-state index in [1.807, 2.05) is 0 Å². The molecule has 0 radical (unpaired) electrons. The average Bonchev–Trinajstić information content (AvgIpc) is 3.22. The van der Waals surface area contributed by atoms with Gasteiger partial charge in [-0.25, -0.2) is 0 Å². The Morgan fingerprint density at radius 2 is 1.65 bits per heavy atom. The van der Waals surface area contributed by atoms with Crippen molar-refractivity contribution in [3.63, 3.8) is 0 Å². The molecule has 4 aliphatic rings. The minimum atomic E-state index is 0.110. The van der Waals surface area contributed by atoms with Crippen molar-refractivity contribution in [2.24, 2.45) is 29.4 Å². The Morgan fingerprint density at radius 3 is 2.35 bits per heavy atom. The van der Waals surface area contributed by atoms with Gasteiger partial charge in [0.1, 0.15) is 0 Å². The summed E-state index contributed by atoms with van der Waals surface area (Å²) in [5.41, 5.74) is 6.83. The molecule has 4 fully saturated rings. The predicted molar refractivity (Wildman–Crippen MR) is 78.4 cm³/mol. The molecule has 2 N–H and O–H groups in total. The molecule has 20 heavy (non-hydrogen) atoms. The third kappa shape index (κ3) is 2.32. The van der Waals surface area contributed by atoms with E-state index in [0.717, 1.165) is 50.4 Å². The SMILES string of the molecule is NC(C1CCOC2(CCOCC2)C1)C1C2CCCCC21. The number of hydrogen-bond donors (Lipinski definition) is 1. The Balaban J connectivity index is 1.40. The van der Waals surface area contributed by atoms with Crippen molar-refractivity contribution in [1.82, 2.24) is 0 Å². The lowest BCUT2D eigenvalue weighted by molar-refractivity contribution is -0.149. The van der Waals surface area contributed by atoms with Crippen LogP contribution >= 0.6 is 0 Å². The summed E-state index contributed by atoms with van der Waals surface area (Å²) in [6, 6.07) is 0.437. The van der Waals surface area contributed by atoms with Crippen molar-refractivity contribution < 1.29 is 9.47 Å². The maximum absolute atomic E-state index is 6.72. The topological polar surface area (TPSA) is 44.5 Å². The van der Waals surface area contributed by atoms with Crippen LogP contribution in [-0.2, 0) is 9.47 Å². The van der Waals surface area contributed by atoms with Gasteiger partial charge in [-0.05, 0) is 62.2 Å². The molecule has 0 aromatic rings. The molecular weight excluding hydrogens is 250 g/mol. The molecule has 4 rings (SSSR count). The molecule has 2 saturated heterocycles. The van der Waals surface area contributed by atoms with Crippen LogP contribution in [0, 0.1) is 23.7 Å². The van der Waals surface area contributed by atoms with Crippen LogP contribution in [0.3, 0.4) is 0 Å². The number of fused-ring (bicyclic) bond motifs is 1. The van der Waals surface area contributed by atoms with E-state index >= 15 is 0 Å². The van der Waals surface area contributed by atoms with Gasteiger partial charge in [0.15, 0.2) is 0 Å². The smallest absolute Gasteiger partial charge is 0.0729 e. The molecule has 2 aliphatic heterocycles. The van der Waals surface area contributed by atoms with Crippen LogP contribution in [0.4, 0.5) is 0 Å². The summed E-state index contributed by atoms with van der Waals surface area (Å²) in [6.45, 7) is 2.66. The van der Waals surface area contributed by atoms with E-state index in [2.05, 4.69) is 0 Å². The molecule has 2 saturated carbocycles. The lowest BCUT2D eigenvalue weighted by Crippen LogP contribution is -2.49. The molecule has 4 atom stereocenters. The Hall–Kier alpha value is -0.120. The van der Waals surface area contributed by atoms with E-state index in [-0.39, 0.29) is 5.60 Å². The largest absolute Gasteiger partial charge is 0.381 e. The first-order chi connectivity index (χ1) is 9.79. The van der Waals surface area contributed by atoms with E-state index in [4.69, 9.17) is 15.2 Å². The molecular formula is C17H29NO2. The van der Waals surface area contributed by atoms with Gasteiger partial charge >= 0.3 is 0 Å². The Bertz CT molecular complexity index is 335. The van der Waals surface area contributed by atoms with Crippen molar-refractivity contribution in [3.05, 3.63) is 0 Å². The normalized spacial score (nSPS) is 44.9. The van der Waals surface area contributed by atoms with Crippen LogP contribution < -0.4 is 5.73 Å². The van der Waals surface area contributed by atoms with Gasteiger partial charge in [0.25, 0.3) is 0 Å². The zero-order valence-corrected chi connectivity index (χ0v) is 12.6. The van der Waals surface area contributed by atoms with Gasteiger partial charge in [0, 0.05) is 25.9 Å². The molecule has 0 aromatic heterocycles. The number of ether oxygens (including phenoxy) is 2. The van der Waals surface area contributed by atoms with Crippen LogP contribution in [0.25, 0.3) is 0 Å². The Morgan fingerprint density at radius 1 is 0.950 bits per heavy atom. The number of nitrogens with two attached hydrogens (primary N) is 1. The molecule has 0 bridgehead atoms. The third-order valence-corrected chi connectivity index (χ3v) is 6.65. The zero-order chi connectivity index (χ0) is 13.6. The van der Waals surface area contributed by atoms with Crippen LogP contribution in [0.1, 0.15) is 51.4 Å². The van der Waals surface area contributed by atoms with Crippen LogP contribution in [-0.4, -0.2) is 31.5 Å². The first-order valence-electron chi connectivity index (χ1n) is 8.76. The van der Waals surface area contributed by atoms with Crippen molar-refractivity contribution in [2.75, 3.05) is 19.8 Å². The van der Waals surface area contributed by atoms with E-state index in [9.17, 15) is 0 Å². The summed E-state index contributed by atoms with van der Waals surface area (Å²) in [7, 11) is 0. The molecule has 2 aliphatic carbocycles. The van der Waals surface area contributed by atoms with Gasteiger partial charge in [-0.3, -0.25) is 0 Å². The first kappa shape index (κ1) is 13.5. The molecule has 0 aromatic carbocycles. The lowest BCUT2D eigenvalue weighted by atomic mass is 9.76. The minimum Gasteiger partial charge on any atom is -0.381 e. The van der Waals surface area contributed by atoms with Crippen molar-refractivity contribution >= 4 is 0 Å². The van der Waals surface area contributed by atoms with E-state index < -0.39 is 0 Å². The highest BCUT2D eigenvalue weighted by atomic mass is 16.5. The van der Waals surface area contributed by atoms with Crippen molar-refractivity contribution in [1.29, 1.82) is 0 Å². The molecule has 4 unspecified atom stereocenters. The molecule has 0 amide bonds. The summed E-state index contributed by atoms with van der Waals surface area (Å²) >= 11 is 0. The van der Waals surface area contributed by atoms with E-state index in [1.165, 1.54) is 38.5 Å². The van der Waals surface area contributed by atoms with Gasteiger partial charge in [-0.15, -0.1) is 0 Å². The first-order valence-corrected chi connectivity index (χ1v) is 8.76. The van der Waals surface area contributed by atoms with E-state index in [1.54, 1.807) is 0 Å². The summed E-state index contributed by atoms with van der Waals surface area (Å²) in [4.78, 5) is 0. The highest BCUT2D eigenvalue weighted by Gasteiger charge is 2.55. The number of rotatable bonds is 2. The predicted octanol–water partition coefficient (Wildman–Crippen LogP) is 2.73. The van der Waals surface area contributed by atoms with Gasteiger partial charge in [-0.2, -0.15) is 0 Å². The van der Waals surface area contributed by atoms with Crippen LogP contribution in [0.15, 0.2) is 0 Å². The fourth-order valence-corrected chi connectivity index (χ4v) is 5.42. The fraction of sp³-hybridized carbons (Fsp3) is 1.00. The van der Waals surface area contributed by atoms with Gasteiger partial charge in [-0.1, -0.05) is 12.8 Å². The standard InChI is InChI=1S/C17H29NO2/c18-16(15-13-3-1-2-4-14(13)15)12-5-8-20-17(11-12)6-9-19-10-7-17/h12-16H,1-11,18H2. The maximum atomic E-state index is 6.72. The second-order valence-electron chi connectivity index (χ2n) is 7.66. The monoisotopic (exact) mass is 279 g/mol. The van der Waals surface area contributed by atoms with E-state index in [0.29, 0.717) is 12.0 Å². The molecule has 1 spiro atoms. The molecule has 114 valence electrons. The van der Waals surface area contributed by atoms with Crippen molar-refractivity contribution in [3.8, 4) is 0 Å². The quantitative estimate of drug-likeness (QED) is 0.845. The Labute approximate surface area is 122 Å². The second kappa shape index (κ2) is 5.26. The maximum Gasteiger partial charge on any atom is 0.0729 e. The Kier molecular flexibility index (Phi) is 3.56. The van der Waals surface area contributed by atoms with Crippen molar-refractivity contribution in [2.45, 2.75) is 63.0 Å². The zero-order valence-electron chi connectivity index (χ0n) is 12.6. The summed E-state index contributed by atoms with van der Waals surface area (Å²) < 4.78 is 11.7. The molecule has 3 heteroatoms. The molecule has 3 nitrogen and oxygen atoms in total. The highest BCUT2D eigenvalue weighted by molar-refractivity contribution is 5.06. The molecule has 2 heterocycles. The second-order valence-corrected chi connectivity index (χ2v) is 7.66. The van der Waals surface area contributed by atoms with Gasteiger partial charge in [0.05, 0.1) is 5.60 Å². The lowest BCUT2D eigenvalue weighted by Gasteiger charge is -2.45. The average molecular weight is 279 g/mol. The van der Waals surface area contributed by atoms with Gasteiger partial charge in [0.2, 0.25) is 0 Å². The van der Waals surface area contributed by atoms with Gasteiger partial charge < -0.3 is 15.2 Å². The summed E-state index contributed by atoms with van der Waals surface area (Å²) in [5.74, 6) is 3.49. The highest BCUT2D eigenvalue weighted by Crippen LogP contribution is 2.58. The summed E-state index contributed by atoms with van der Waals surface area (Å²) in [6.07, 6.45) is 10.3. The number of hydrogen-bond acceptors (Lipinski definition) is 3.